The van der Waals surface area contributed by atoms with E-state index in [9.17, 15) is 4.79 Å². The van der Waals surface area contributed by atoms with Crippen LogP contribution >= 0.6 is 15.9 Å². The van der Waals surface area contributed by atoms with E-state index in [0.717, 1.165) is 28.6 Å². The molecular weight excluding hydrogens is 320 g/mol. The first-order chi connectivity index (χ1) is 9.60. The van der Waals surface area contributed by atoms with Gasteiger partial charge in [0.1, 0.15) is 5.75 Å². The molecule has 1 aliphatic rings. The first-order valence-corrected chi connectivity index (χ1v) is 7.74. The number of halogens is 1. The van der Waals surface area contributed by atoms with Gasteiger partial charge < -0.3 is 10.5 Å². The summed E-state index contributed by atoms with van der Waals surface area (Å²) in [7, 11) is 1.67. The van der Waals surface area contributed by atoms with Crippen molar-refractivity contribution in [1.29, 1.82) is 0 Å². The summed E-state index contributed by atoms with van der Waals surface area (Å²) in [6.45, 7) is 0.997. The molecule has 1 aromatic carbocycles. The molecule has 110 valence electrons. The number of carbonyl (C=O) groups excluding carboxylic acids is 1. The minimum absolute atomic E-state index is 0.272. The molecule has 20 heavy (non-hydrogen) atoms. The van der Waals surface area contributed by atoms with E-state index in [0.29, 0.717) is 19.1 Å². The lowest BCUT2D eigenvalue weighted by atomic mass is 10.1. The van der Waals surface area contributed by atoms with Crippen LogP contribution in [0.1, 0.15) is 31.2 Å². The minimum atomic E-state index is -0.272. The van der Waals surface area contributed by atoms with Gasteiger partial charge in [-0.1, -0.05) is 28.8 Å². The molecular formula is C15H21BrN2O2. The molecule has 1 aliphatic carbocycles. The zero-order valence-corrected chi connectivity index (χ0v) is 13.4. The lowest BCUT2D eigenvalue weighted by Gasteiger charge is -2.28. The zero-order chi connectivity index (χ0) is 14.5. The lowest BCUT2D eigenvalue weighted by Crippen LogP contribution is -2.39. The van der Waals surface area contributed by atoms with Gasteiger partial charge in [0.05, 0.1) is 13.7 Å². The second-order valence-electron chi connectivity index (χ2n) is 5.27. The van der Waals surface area contributed by atoms with Crippen LogP contribution in [0.5, 0.6) is 5.75 Å². The van der Waals surface area contributed by atoms with Crippen LogP contribution in [0.3, 0.4) is 0 Å². The quantitative estimate of drug-likeness (QED) is 0.866. The molecule has 0 spiro atoms. The van der Waals surface area contributed by atoms with Gasteiger partial charge in [0.15, 0.2) is 0 Å². The van der Waals surface area contributed by atoms with Crippen molar-refractivity contribution < 1.29 is 9.53 Å². The highest BCUT2D eigenvalue weighted by atomic mass is 79.9. The fourth-order valence-corrected chi connectivity index (χ4v) is 3.28. The van der Waals surface area contributed by atoms with Gasteiger partial charge in [0.25, 0.3) is 0 Å². The number of hydrogen-bond acceptors (Lipinski definition) is 3. The predicted octanol–water partition coefficient (Wildman–Crippen LogP) is 2.69. The largest absolute Gasteiger partial charge is 0.496 e. The van der Waals surface area contributed by atoms with Gasteiger partial charge in [0, 0.05) is 22.6 Å². The Balaban J connectivity index is 2.17. The van der Waals surface area contributed by atoms with Crippen LogP contribution in [-0.2, 0) is 11.3 Å². The van der Waals surface area contributed by atoms with E-state index in [1.807, 2.05) is 18.2 Å². The lowest BCUT2D eigenvalue weighted by molar-refractivity contribution is -0.119. The number of methoxy groups -OCH3 is 1. The van der Waals surface area contributed by atoms with Gasteiger partial charge in [-0.15, -0.1) is 0 Å². The summed E-state index contributed by atoms with van der Waals surface area (Å²) in [4.78, 5) is 13.5. The van der Waals surface area contributed by atoms with Crippen LogP contribution in [0.2, 0.25) is 0 Å². The highest BCUT2D eigenvalue weighted by Gasteiger charge is 2.24. The molecule has 1 amide bonds. The standard InChI is InChI=1S/C15H21BrN2O2/c1-20-14-7-6-12(16)8-11(14)9-18(10-15(17)19)13-4-2-3-5-13/h6-8,13H,2-5,9-10H2,1H3,(H2,17,19). The molecule has 5 heteroatoms. The molecule has 0 bridgehead atoms. The van der Waals surface area contributed by atoms with Crippen LogP contribution in [-0.4, -0.2) is 30.5 Å². The Morgan fingerprint density at radius 2 is 2.15 bits per heavy atom. The van der Waals surface area contributed by atoms with E-state index >= 15 is 0 Å². The third-order valence-corrected chi connectivity index (χ3v) is 4.31. The number of benzene rings is 1. The minimum Gasteiger partial charge on any atom is -0.496 e. The van der Waals surface area contributed by atoms with Crippen LogP contribution in [0.4, 0.5) is 0 Å². The molecule has 0 radical (unpaired) electrons. The summed E-state index contributed by atoms with van der Waals surface area (Å²) < 4.78 is 6.42. The first kappa shape index (κ1) is 15.3. The Kier molecular flexibility index (Phi) is 5.43. The summed E-state index contributed by atoms with van der Waals surface area (Å²) in [5, 5.41) is 0. The van der Waals surface area contributed by atoms with Gasteiger partial charge in [-0.05, 0) is 31.0 Å². The SMILES string of the molecule is COc1ccc(Br)cc1CN(CC(N)=O)C1CCCC1. The summed E-state index contributed by atoms with van der Waals surface area (Å²) in [6, 6.07) is 6.39. The Bertz CT molecular complexity index is 473. The number of primary amides is 1. The summed E-state index contributed by atoms with van der Waals surface area (Å²) >= 11 is 3.48. The van der Waals surface area contributed by atoms with Gasteiger partial charge in [0.2, 0.25) is 5.91 Å². The van der Waals surface area contributed by atoms with Crippen LogP contribution in [0.15, 0.2) is 22.7 Å². The van der Waals surface area contributed by atoms with Crippen LogP contribution in [0.25, 0.3) is 0 Å². The number of hydrogen-bond donors (Lipinski definition) is 1. The molecule has 0 saturated heterocycles. The van der Waals surface area contributed by atoms with E-state index in [1.54, 1.807) is 7.11 Å². The maximum atomic E-state index is 11.3. The Labute approximate surface area is 128 Å². The maximum absolute atomic E-state index is 11.3. The normalized spacial score (nSPS) is 15.8. The molecule has 2 N–H and O–H groups in total. The van der Waals surface area contributed by atoms with Gasteiger partial charge in [-0.3, -0.25) is 9.69 Å². The van der Waals surface area contributed by atoms with Crippen molar-refractivity contribution in [2.75, 3.05) is 13.7 Å². The fourth-order valence-electron chi connectivity index (χ4n) is 2.87. The number of carbonyl (C=O) groups is 1. The molecule has 0 atom stereocenters. The van der Waals surface area contributed by atoms with Gasteiger partial charge in [-0.25, -0.2) is 0 Å². The van der Waals surface area contributed by atoms with Crippen LogP contribution in [0, 0.1) is 0 Å². The van der Waals surface area contributed by atoms with Crippen molar-refractivity contribution >= 4 is 21.8 Å². The summed E-state index contributed by atoms with van der Waals surface area (Å²) in [5.74, 6) is 0.575. The van der Waals surface area contributed by atoms with Gasteiger partial charge in [-0.2, -0.15) is 0 Å². The summed E-state index contributed by atoms with van der Waals surface area (Å²) in [6.07, 6.45) is 4.75. The van der Waals surface area contributed by atoms with Crippen molar-refractivity contribution in [3.8, 4) is 5.75 Å². The Hall–Kier alpha value is -1.07. The molecule has 0 heterocycles. The smallest absolute Gasteiger partial charge is 0.231 e. The number of nitrogens with two attached hydrogens (primary N) is 1. The Morgan fingerprint density at radius 3 is 2.75 bits per heavy atom. The number of nitrogens with zero attached hydrogens (tertiary/aromatic N) is 1. The van der Waals surface area contributed by atoms with E-state index in [-0.39, 0.29) is 5.91 Å². The second-order valence-corrected chi connectivity index (χ2v) is 6.18. The highest BCUT2D eigenvalue weighted by Crippen LogP contribution is 2.28. The molecule has 2 rings (SSSR count). The predicted molar refractivity (Wildman–Crippen MR) is 82.6 cm³/mol. The zero-order valence-electron chi connectivity index (χ0n) is 11.8. The van der Waals surface area contributed by atoms with E-state index in [1.165, 1.54) is 12.8 Å². The van der Waals surface area contributed by atoms with Gasteiger partial charge >= 0.3 is 0 Å². The monoisotopic (exact) mass is 340 g/mol. The average molecular weight is 341 g/mol. The van der Waals surface area contributed by atoms with Crippen molar-refractivity contribution in [2.24, 2.45) is 5.73 Å². The van der Waals surface area contributed by atoms with E-state index in [4.69, 9.17) is 10.5 Å². The van der Waals surface area contributed by atoms with E-state index in [2.05, 4.69) is 20.8 Å². The number of rotatable bonds is 6. The third-order valence-electron chi connectivity index (χ3n) is 3.82. The Morgan fingerprint density at radius 1 is 1.45 bits per heavy atom. The summed E-state index contributed by atoms with van der Waals surface area (Å²) in [5.41, 5.74) is 6.47. The second kappa shape index (κ2) is 7.09. The molecule has 1 saturated carbocycles. The molecule has 1 aromatic rings. The maximum Gasteiger partial charge on any atom is 0.231 e. The van der Waals surface area contributed by atoms with Crippen molar-refractivity contribution in [3.05, 3.63) is 28.2 Å². The van der Waals surface area contributed by atoms with Crippen molar-refractivity contribution in [2.45, 2.75) is 38.3 Å². The molecule has 1 fully saturated rings. The molecule has 4 nitrogen and oxygen atoms in total. The van der Waals surface area contributed by atoms with Crippen molar-refractivity contribution in [1.82, 2.24) is 4.90 Å². The molecule has 0 aromatic heterocycles. The number of ether oxygens (including phenoxy) is 1. The average Bonchev–Trinajstić information content (AvgIpc) is 2.91. The highest BCUT2D eigenvalue weighted by molar-refractivity contribution is 9.10. The third kappa shape index (κ3) is 3.96. The number of amides is 1. The topological polar surface area (TPSA) is 55.6 Å². The fraction of sp³-hybridized carbons (Fsp3) is 0.533. The first-order valence-electron chi connectivity index (χ1n) is 6.95. The van der Waals surface area contributed by atoms with Crippen molar-refractivity contribution in [3.63, 3.8) is 0 Å². The molecule has 0 aliphatic heterocycles. The molecule has 0 unspecified atom stereocenters. The van der Waals surface area contributed by atoms with Crippen LogP contribution < -0.4 is 10.5 Å². The van der Waals surface area contributed by atoms with E-state index < -0.39 is 0 Å².